The first-order valence-corrected chi connectivity index (χ1v) is 11.2. The molecule has 1 saturated heterocycles. The van der Waals surface area contributed by atoms with Crippen LogP contribution < -0.4 is 15.8 Å². The third-order valence-electron chi connectivity index (χ3n) is 4.97. The Hall–Kier alpha value is -3.41. The number of nitrogens with one attached hydrogen (secondary N) is 1. The van der Waals surface area contributed by atoms with Crippen molar-refractivity contribution in [1.29, 1.82) is 0 Å². The Labute approximate surface area is 198 Å². The molecule has 186 valence electrons. The van der Waals surface area contributed by atoms with Crippen LogP contribution in [0.25, 0.3) is 0 Å². The van der Waals surface area contributed by atoms with E-state index in [1.807, 2.05) is 34.6 Å². The zero-order chi connectivity index (χ0) is 25.0. The lowest BCUT2D eigenvalue weighted by Gasteiger charge is -2.24. The average molecular weight is 476 g/mol. The molecule has 0 saturated carbocycles. The second kappa shape index (κ2) is 10.2. The molecule has 0 unspecified atom stereocenters. The number of anilines is 2. The zero-order valence-electron chi connectivity index (χ0n) is 20.2. The fraction of sp³-hybridized carbons (Fsp3) is 0.591. The summed E-state index contributed by atoms with van der Waals surface area (Å²) in [6.07, 6.45) is 3.11. The van der Waals surface area contributed by atoms with E-state index in [2.05, 4.69) is 20.4 Å². The maximum absolute atomic E-state index is 12.4. The van der Waals surface area contributed by atoms with Crippen LogP contribution in [0.15, 0.2) is 12.4 Å². The minimum Gasteiger partial charge on any atom is -0.471 e. The number of aromatic nitrogens is 4. The highest BCUT2D eigenvalue weighted by atomic mass is 16.6. The minimum absolute atomic E-state index is 0.0206. The van der Waals surface area contributed by atoms with Gasteiger partial charge >= 0.3 is 6.09 Å². The Bertz CT molecular complexity index is 1030. The SMILES string of the molecule is CC(C)c1nc(C(N)=O)c(Nc2cnn(CCO)c2)nc1O[C@@H]1CCN(C(=O)OC(C)(C)C)C1. The first-order valence-electron chi connectivity index (χ1n) is 11.2. The fourth-order valence-corrected chi connectivity index (χ4v) is 3.42. The third kappa shape index (κ3) is 6.34. The van der Waals surface area contributed by atoms with E-state index in [9.17, 15) is 9.59 Å². The first-order chi connectivity index (χ1) is 16.0. The highest BCUT2D eigenvalue weighted by molar-refractivity contribution is 5.96. The van der Waals surface area contributed by atoms with E-state index in [0.29, 0.717) is 37.4 Å². The van der Waals surface area contributed by atoms with Crippen LogP contribution in [-0.4, -0.2) is 73.2 Å². The first kappa shape index (κ1) is 25.2. The van der Waals surface area contributed by atoms with Crippen LogP contribution in [0.3, 0.4) is 0 Å². The minimum atomic E-state index is -0.733. The Balaban J connectivity index is 1.83. The molecule has 2 aromatic rings. The molecule has 2 aromatic heterocycles. The molecule has 1 aliphatic heterocycles. The summed E-state index contributed by atoms with van der Waals surface area (Å²) < 4.78 is 13.2. The van der Waals surface area contributed by atoms with Crippen molar-refractivity contribution in [1.82, 2.24) is 24.6 Å². The normalized spacial score (nSPS) is 16.1. The Kier molecular flexibility index (Phi) is 7.60. The van der Waals surface area contributed by atoms with Gasteiger partial charge in [-0.25, -0.2) is 9.78 Å². The fourth-order valence-electron chi connectivity index (χ4n) is 3.42. The van der Waals surface area contributed by atoms with Crippen LogP contribution >= 0.6 is 0 Å². The summed E-state index contributed by atoms with van der Waals surface area (Å²) in [4.78, 5) is 35.1. The van der Waals surface area contributed by atoms with Crippen molar-refractivity contribution in [2.24, 2.45) is 5.73 Å². The highest BCUT2D eigenvalue weighted by Crippen LogP contribution is 2.30. The standard InChI is InChI=1S/C22H33N7O5/c1-13(2)16-20(33-15-6-7-28(12-15)21(32)34-22(3,4)5)27-19(17(26-16)18(23)31)25-14-10-24-29(11-14)8-9-30/h10-11,13,15,30H,6-9,12H2,1-5H3,(H2,23,31)(H,25,27)/t15-/m1/s1. The molecule has 1 atom stereocenters. The number of hydrogen-bond acceptors (Lipinski definition) is 9. The van der Waals surface area contributed by atoms with Crippen molar-refractivity contribution in [3.8, 4) is 5.88 Å². The number of nitrogens with two attached hydrogens (primary N) is 1. The molecular formula is C22H33N7O5. The Morgan fingerprint density at radius 3 is 2.68 bits per heavy atom. The molecule has 12 heteroatoms. The van der Waals surface area contributed by atoms with E-state index in [4.69, 9.17) is 20.3 Å². The van der Waals surface area contributed by atoms with Crippen LogP contribution in [0.1, 0.15) is 63.1 Å². The largest absolute Gasteiger partial charge is 0.471 e. The number of aliphatic hydroxyl groups is 1. The van der Waals surface area contributed by atoms with Gasteiger partial charge in [0.1, 0.15) is 17.4 Å². The van der Waals surface area contributed by atoms with Gasteiger partial charge < -0.3 is 30.5 Å². The van der Waals surface area contributed by atoms with E-state index >= 15 is 0 Å². The average Bonchev–Trinajstić information content (AvgIpc) is 3.36. The van der Waals surface area contributed by atoms with E-state index in [-0.39, 0.29) is 42.1 Å². The summed E-state index contributed by atoms with van der Waals surface area (Å²) in [5.74, 6) is -0.424. The number of nitrogens with zero attached hydrogens (tertiary/aromatic N) is 5. The number of amides is 2. The Morgan fingerprint density at radius 1 is 1.32 bits per heavy atom. The number of rotatable bonds is 8. The van der Waals surface area contributed by atoms with Crippen molar-refractivity contribution in [2.75, 3.05) is 25.0 Å². The molecule has 0 spiro atoms. The third-order valence-corrected chi connectivity index (χ3v) is 4.97. The van der Waals surface area contributed by atoms with Gasteiger partial charge in [0.15, 0.2) is 11.5 Å². The summed E-state index contributed by atoms with van der Waals surface area (Å²) in [5, 5.41) is 16.2. The van der Waals surface area contributed by atoms with Crippen molar-refractivity contribution in [2.45, 2.75) is 65.2 Å². The van der Waals surface area contributed by atoms with Gasteiger partial charge in [-0.05, 0) is 20.8 Å². The van der Waals surface area contributed by atoms with Gasteiger partial charge in [-0.15, -0.1) is 0 Å². The zero-order valence-corrected chi connectivity index (χ0v) is 20.2. The quantitative estimate of drug-likeness (QED) is 0.519. The van der Waals surface area contributed by atoms with E-state index < -0.39 is 11.5 Å². The second-order valence-corrected chi connectivity index (χ2v) is 9.43. The van der Waals surface area contributed by atoms with Gasteiger partial charge in [0, 0.05) is 25.1 Å². The van der Waals surface area contributed by atoms with Gasteiger partial charge in [0.05, 0.1) is 31.6 Å². The number of ether oxygens (including phenoxy) is 2. The molecule has 3 rings (SSSR count). The molecule has 0 aliphatic carbocycles. The predicted molar refractivity (Wildman–Crippen MR) is 124 cm³/mol. The lowest BCUT2D eigenvalue weighted by molar-refractivity contribution is 0.0274. The molecule has 3 heterocycles. The number of carbonyl (C=O) groups excluding carboxylic acids is 2. The molecule has 2 amide bonds. The number of carbonyl (C=O) groups is 2. The highest BCUT2D eigenvalue weighted by Gasteiger charge is 2.32. The maximum Gasteiger partial charge on any atom is 0.410 e. The van der Waals surface area contributed by atoms with Gasteiger partial charge in [0.25, 0.3) is 5.91 Å². The van der Waals surface area contributed by atoms with Crippen LogP contribution in [0.2, 0.25) is 0 Å². The van der Waals surface area contributed by atoms with Crippen molar-refractivity contribution >= 4 is 23.5 Å². The maximum atomic E-state index is 12.4. The van der Waals surface area contributed by atoms with Gasteiger partial charge in [-0.2, -0.15) is 10.1 Å². The summed E-state index contributed by atoms with van der Waals surface area (Å²) in [7, 11) is 0. The predicted octanol–water partition coefficient (Wildman–Crippen LogP) is 2.02. The molecular weight excluding hydrogens is 442 g/mol. The lowest BCUT2D eigenvalue weighted by Crippen LogP contribution is -2.36. The summed E-state index contributed by atoms with van der Waals surface area (Å²) in [6, 6.07) is 0. The van der Waals surface area contributed by atoms with E-state index in [0.717, 1.165) is 0 Å². The molecule has 1 fully saturated rings. The van der Waals surface area contributed by atoms with Gasteiger partial charge in [-0.1, -0.05) is 13.8 Å². The number of hydrogen-bond donors (Lipinski definition) is 3. The molecule has 0 bridgehead atoms. The monoisotopic (exact) mass is 475 g/mol. The molecule has 12 nitrogen and oxygen atoms in total. The second-order valence-electron chi connectivity index (χ2n) is 9.43. The van der Waals surface area contributed by atoms with Crippen molar-refractivity contribution in [3.05, 3.63) is 23.8 Å². The van der Waals surface area contributed by atoms with Gasteiger partial charge in [0.2, 0.25) is 5.88 Å². The number of aliphatic hydroxyl groups excluding tert-OH is 1. The molecule has 34 heavy (non-hydrogen) atoms. The van der Waals surface area contributed by atoms with Gasteiger partial charge in [-0.3, -0.25) is 9.48 Å². The van der Waals surface area contributed by atoms with Crippen LogP contribution in [-0.2, 0) is 11.3 Å². The molecule has 0 radical (unpaired) electrons. The van der Waals surface area contributed by atoms with Crippen LogP contribution in [0.5, 0.6) is 5.88 Å². The van der Waals surface area contributed by atoms with Crippen molar-refractivity contribution < 1.29 is 24.2 Å². The molecule has 4 N–H and O–H groups in total. The topological polar surface area (TPSA) is 158 Å². The Morgan fingerprint density at radius 2 is 2.06 bits per heavy atom. The molecule has 0 aromatic carbocycles. The summed E-state index contributed by atoms with van der Waals surface area (Å²) in [6.45, 7) is 10.4. The van der Waals surface area contributed by atoms with E-state index in [1.165, 1.54) is 6.20 Å². The smallest absolute Gasteiger partial charge is 0.410 e. The van der Waals surface area contributed by atoms with Crippen LogP contribution in [0, 0.1) is 0 Å². The number of primary amides is 1. The van der Waals surface area contributed by atoms with Crippen molar-refractivity contribution in [3.63, 3.8) is 0 Å². The lowest BCUT2D eigenvalue weighted by atomic mass is 10.1. The summed E-state index contributed by atoms with van der Waals surface area (Å²) >= 11 is 0. The summed E-state index contributed by atoms with van der Waals surface area (Å²) in [5.41, 5.74) is 6.01. The van der Waals surface area contributed by atoms with E-state index in [1.54, 1.807) is 15.8 Å². The van der Waals surface area contributed by atoms with Crippen LogP contribution in [0.4, 0.5) is 16.3 Å². The molecule has 1 aliphatic rings. The number of likely N-dealkylation sites (tertiary alicyclic amines) is 1.